The highest BCUT2D eigenvalue weighted by molar-refractivity contribution is 6.10. The topological polar surface area (TPSA) is 75.6 Å². The minimum atomic E-state index is -1.09. The third kappa shape index (κ3) is 2.56. The Kier molecular flexibility index (Phi) is 3.89. The average Bonchev–Trinajstić information content (AvgIpc) is 2.45. The molecule has 2 aromatic rings. The first kappa shape index (κ1) is 13.9. The van der Waals surface area contributed by atoms with Gasteiger partial charge in [0.2, 0.25) is 0 Å². The smallest absolute Gasteiger partial charge is 0.325 e. The number of hydrogen-bond acceptors (Lipinski definition) is 3. The van der Waals surface area contributed by atoms with Crippen molar-refractivity contribution in [3.8, 4) is 5.75 Å². The SMILES string of the molecule is COc1ccc2ccccc2c1C(=O)NC(C)C(=O)O. The molecule has 0 saturated carbocycles. The molecular weight excluding hydrogens is 258 g/mol. The highest BCUT2D eigenvalue weighted by atomic mass is 16.5. The lowest BCUT2D eigenvalue weighted by Gasteiger charge is -2.14. The quantitative estimate of drug-likeness (QED) is 0.894. The van der Waals surface area contributed by atoms with Crippen LogP contribution < -0.4 is 10.1 Å². The van der Waals surface area contributed by atoms with E-state index >= 15 is 0 Å². The summed E-state index contributed by atoms with van der Waals surface area (Å²) in [7, 11) is 1.47. The Morgan fingerprint density at radius 3 is 2.55 bits per heavy atom. The van der Waals surface area contributed by atoms with Crippen molar-refractivity contribution >= 4 is 22.6 Å². The molecule has 0 fully saturated rings. The van der Waals surface area contributed by atoms with Crippen LogP contribution in [-0.2, 0) is 4.79 Å². The van der Waals surface area contributed by atoms with E-state index in [4.69, 9.17) is 9.84 Å². The Morgan fingerprint density at radius 2 is 1.90 bits per heavy atom. The molecule has 1 unspecified atom stereocenters. The molecule has 5 heteroatoms. The monoisotopic (exact) mass is 273 g/mol. The lowest BCUT2D eigenvalue weighted by atomic mass is 10.0. The first-order valence-electron chi connectivity index (χ1n) is 6.14. The molecule has 0 bridgehead atoms. The zero-order valence-corrected chi connectivity index (χ0v) is 11.2. The number of carbonyl (C=O) groups excluding carboxylic acids is 1. The van der Waals surface area contributed by atoms with Gasteiger partial charge in [-0.05, 0) is 23.8 Å². The number of aliphatic carboxylic acids is 1. The van der Waals surface area contributed by atoms with E-state index in [1.807, 2.05) is 24.3 Å². The van der Waals surface area contributed by atoms with Gasteiger partial charge in [0.25, 0.3) is 5.91 Å². The van der Waals surface area contributed by atoms with E-state index < -0.39 is 17.9 Å². The van der Waals surface area contributed by atoms with Crippen LogP contribution in [0.4, 0.5) is 0 Å². The Bertz CT molecular complexity index is 666. The summed E-state index contributed by atoms with van der Waals surface area (Å²) in [6.45, 7) is 1.41. The molecule has 104 valence electrons. The summed E-state index contributed by atoms with van der Waals surface area (Å²) < 4.78 is 5.21. The lowest BCUT2D eigenvalue weighted by Crippen LogP contribution is -2.38. The minimum Gasteiger partial charge on any atom is -0.496 e. The normalized spacial score (nSPS) is 11.9. The minimum absolute atomic E-state index is 0.346. The van der Waals surface area contributed by atoms with Crippen LogP contribution in [0.1, 0.15) is 17.3 Å². The summed E-state index contributed by atoms with van der Waals surface area (Å²) in [4.78, 5) is 23.1. The van der Waals surface area contributed by atoms with Crippen molar-refractivity contribution in [1.82, 2.24) is 5.32 Å². The summed E-state index contributed by atoms with van der Waals surface area (Å²) in [6.07, 6.45) is 0. The van der Waals surface area contributed by atoms with Crippen LogP contribution in [0.25, 0.3) is 10.8 Å². The van der Waals surface area contributed by atoms with Crippen molar-refractivity contribution in [2.75, 3.05) is 7.11 Å². The molecule has 2 aromatic carbocycles. The molecule has 0 aliphatic rings. The number of ether oxygens (including phenoxy) is 1. The molecule has 0 saturated heterocycles. The second kappa shape index (κ2) is 5.61. The molecule has 0 heterocycles. The van der Waals surface area contributed by atoms with Crippen LogP contribution in [0.5, 0.6) is 5.75 Å². The van der Waals surface area contributed by atoms with E-state index in [1.165, 1.54) is 14.0 Å². The number of carboxylic acid groups (broad SMARTS) is 1. The summed E-state index contributed by atoms with van der Waals surface area (Å²) in [5.74, 6) is -1.13. The average molecular weight is 273 g/mol. The highest BCUT2D eigenvalue weighted by Crippen LogP contribution is 2.27. The number of carbonyl (C=O) groups is 2. The predicted octanol–water partition coefficient (Wildman–Crippen LogP) is 2.05. The zero-order valence-electron chi connectivity index (χ0n) is 11.2. The fourth-order valence-electron chi connectivity index (χ4n) is 1.99. The number of amides is 1. The number of rotatable bonds is 4. The van der Waals surface area contributed by atoms with Crippen molar-refractivity contribution < 1.29 is 19.4 Å². The zero-order chi connectivity index (χ0) is 14.7. The van der Waals surface area contributed by atoms with E-state index in [0.29, 0.717) is 11.3 Å². The summed E-state index contributed by atoms with van der Waals surface area (Å²) in [6, 6.07) is 9.96. The van der Waals surface area contributed by atoms with Gasteiger partial charge in [-0.15, -0.1) is 0 Å². The van der Waals surface area contributed by atoms with Gasteiger partial charge in [-0.3, -0.25) is 9.59 Å². The van der Waals surface area contributed by atoms with Crippen LogP contribution >= 0.6 is 0 Å². The van der Waals surface area contributed by atoms with E-state index in [-0.39, 0.29) is 0 Å². The third-order valence-corrected chi connectivity index (χ3v) is 3.06. The molecule has 5 nitrogen and oxygen atoms in total. The molecule has 20 heavy (non-hydrogen) atoms. The van der Waals surface area contributed by atoms with Crippen molar-refractivity contribution in [2.24, 2.45) is 0 Å². The van der Waals surface area contributed by atoms with Crippen molar-refractivity contribution in [3.05, 3.63) is 42.0 Å². The first-order chi connectivity index (χ1) is 9.54. The van der Waals surface area contributed by atoms with Gasteiger partial charge in [0.05, 0.1) is 12.7 Å². The summed E-state index contributed by atoms with van der Waals surface area (Å²) in [5.41, 5.74) is 0.346. The third-order valence-electron chi connectivity index (χ3n) is 3.06. The number of benzene rings is 2. The number of methoxy groups -OCH3 is 1. The fraction of sp³-hybridized carbons (Fsp3) is 0.200. The Hall–Kier alpha value is -2.56. The number of fused-ring (bicyclic) bond motifs is 1. The second-order valence-electron chi connectivity index (χ2n) is 4.40. The molecule has 2 rings (SSSR count). The lowest BCUT2D eigenvalue weighted by molar-refractivity contribution is -0.138. The second-order valence-corrected chi connectivity index (χ2v) is 4.40. The number of nitrogens with one attached hydrogen (secondary N) is 1. The van der Waals surface area contributed by atoms with Crippen molar-refractivity contribution in [1.29, 1.82) is 0 Å². The van der Waals surface area contributed by atoms with Gasteiger partial charge in [-0.1, -0.05) is 30.3 Å². The highest BCUT2D eigenvalue weighted by Gasteiger charge is 2.20. The summed E-state index contributed by atoms with van der Waals surface area (Å²) in [5, 5.41) is 12.9. The molecule has 0 aliphatic heterocycles. The van der Waals surface area contributed by atoms with Gasteiger partial charge in [-0.2, -0.15) is 0 Å². The predicted molar refractivity (Wildman–Crippen MR) is 75.1 cm³/mol. The van der Waals surface area contributed by atoms with E-state index in [9.17, 15) is 9.59 Å². The van der Waals surface area contributed by atoms with Gasteiger partial charge in [0.15, 0.2) is 0 Å². The molecule has 0 radical (unpaired) electrons. The number of hydrogen-bond donors (Lipinski definition) is 2. The largest absolute Gasteiger partial charge is 0.496 e. The maximum absolute atomic E-state index is 12.3. The Balaban J connectivity index is 2.50. The molecule has 1 amide bonds. The summed E-state index contributed by atoms with van der Waals surface area (Å²) >= 11 is 0. The van der Waals surface area contributed by atoms with E-state index in [2.05, 4.69) is 5.32 Å². The van der Waals surface area contributed by atoms with Gasteiger partial charge in [0, 0.05) is 0 Å². The Labute approximate surface area is 116 Å². The molecule has 1 atom stereocenters. The fourth-order valence-corrected chi connectivity index (χ4v) is 1.99. The number of carboxylic acids is 1. The van der Waals surface area contributed by atoms with Gasteiger partial charge in [0.1, 0.15) is 11.8 Å². The molecular formula is C15H15NO4. The standard InChI is InChI=1S/C15H15NO4/c1-9(15(18)19)16-14(17)13-11-6-4-3-5-10(11)7-8-12(13)20-2/h3-9H,1-2H3,(H,16,17)(H,18,19). The molecule has 0 spiro atoms. The van der Waals surface area contributed by atoms with E-state index in [0.717, 1.165) is 10.8 Å². The van der Waals surface area contributed by atoms with Crippen LogP contribution in [0, 0.1) is 0 Å². The van der Waals surface area contributed by atoms with Crippen LogP contribution in [0.2, 0.25) is 0 Å². The Morgan fingerprint density at radius 1 is 1.20 bits per heavy atom. The van der Waals surface area contributed by atoms with Crippen molar-refractivity contribution in [3.63, 3.8) is 0 Å². The molecule has 0 aliphatic carbocycles. The maximum atomic E-state index is 12.3. The maximum Gasteiger partial charge on any atom is 0.325 e. The van der Waals surface area contributed by atoms with Crippen LogP contribution in [0.15, 0.2) is 36.4 Å². The van der Waals surface area contributed by atoms with Crippen molar-refractivity contribution in [2.45, 2.75) is 13.0 Å². The molecule has 0 aromatic heterocycles. The van der Waals surface area contributed by atoms with Crippen LogP contribution in [-0.4, -0.2) is 30.1 Å². The first-order valence-corrected chi connectivity index (χ1v) is 6.14. The van der Waals surface area contributed by atoms with E-state index in [1.54, 1.807) is 12.1 Å². The van der Waals surface area contributed by atoms with Crippen LogP contribution in [0.3, 0.4) is 0 Å². The van der Waals surface area contributed by atoms with Gasteiger partial charge < -0.3 is 15.2 Å². The van der Waals surface area contributed by atoms with Gasteiger partial charge in [-0.25, -0.2) is 0 Å². The molecule has 2 N–H and O–H groups in total. The van der Waals surface area contributed by atoms with Gasteiger partial charge >= 0.3 is 5.97 Å².